The smallest absolute Gasteiger partial charge is 0.253 e. The van der Waals surface area contributed by atoms with Crippen LogP contribution in [0, 0.1) is 0 Å². The maximum absolute atomic E-state index is 12.7. The maximum Gasteiger partial charge on any atom is 0.253 e. The molecule has 2 fully saturated rings. The second-order valence-corrected chi connectivity index (χ2v) is 7.86. The number of hydrogen-bond acceptors (Lipinski definition) is 4. The largest absolute Gasteiger partial charge is 0.336 e. The Balaban J connectivity index is 1.32. The van der Waals surface area contributed by atoms with Crippen molar-refractivity contribution in [2.45, 2.75) is 18.6 Å². The van der Waals surface area contributed by atoms with E-state index < -0.39 is 0 Å². The summed E-state index contributed by atoms with van der Waals surface area (Å²) in [5.74, 6) is 0.0497. The van der Waals surface area contributed by atoms with Gasteiger partial charge in [-0.1, -0.05) is 41.4 Å². The number of piperazine rings is 1. The van der Waals surface area contributed by atoms with E-state index in [1.54, 1.807) is 12.1 Å². The molecule has 2 aliphatic rings. The van der Waals surface area contributed by atoms with Gasteiger partial charge in [0, 0.05) is 47.8 Å². The van der Waals surface area contributed by atoms with Gasteiger partial charge < -0.3 is 4.90 Å². The van der Waals surface area contributed by atoms with Gasteiger partial charge in [-0.3, -0.25) is 9.69 Å². The third kappa shape index (κ3) is 4.28. The Bertz CT molecular complexity index is 806. The van der Waals surface area contributed by atoms with Crippen LogP contribution < -0.4 is 10.9 Å². The van der Waals surface area contributed by atoms with E-state index >= 15 is 0 Å². The van der Waals surface area contributed by atoms with Crippen LogP contribution in [-0.2, 0) is 0 Å². The number of amides is 1. The van der Waals surface area contributed by atoms with Crippen LogP contribution >= 0.6 is 23.2 Å². The van der Waals surface area contributed by atoms with Gasteiger partial charge in [-0.05, 0) is 42.3 Å². The van der Waals surface area contributed by atoms with Crippen molar-refractivity contribution in [1.29, 1.82) is 0 Å². The molecule has 0 saturated carbocycles. The van der Waals surface area contributed by atoms with Gasteiger partial charge in [0.2, 0.25) is 0 Å². The monoisotopic (exact) mass is 404 g/mol. The van der Waals surface area contributed by atoms with Gasteiger partial charge in [0.05, 0.1) is 6.17 Å². The Hall–Kier alpha value is -1.63. The summed E-state index contributed by atoms with van der Waals surface area (Å²) in [5, 5.41) is 1.34. The summed E-state index contributed by atoms with van der Waals surface area (Å²) in [6.07, 6.45) is 1.23. The first-order valence-electron chi connectivity index (χ1n) is 9.15. The first-order valence-corrected chi connectivity index (χ1v) is 9.91. The zero-order valence-corrected chi connectivity index (χ0v) is 16.4. The highest BCUT2D eigenvalue weighted by Crippen LogP contribution is 2.25. The van der Waals surface area contributed by atoms with Gasteiger partial charge >= 0.3 is 0 Å². The van der Waals surface area contributed by atoms with E-state index in [9.17, 15) is 4.79 Å². The van der Waals surface area contributed by atoms with Crippen molar-refractivity contribution in [3.63, 3.8) is 0 Å². The minimum absolute atomic E-state index is 0.0497. The van der Waals surface area contributed by atoms with Gasteiger partial charge in [-0.25, -0.2) is 10.9 Å². The minimum atomic E-state index is 0.0497. The summed E-state index contributed by atoms with van der Waals surface area (Å²) in [4.78, 5) is 17.0. The Morgan fingerprint density at radius 2 is 1.67 bits per heavy atom. The molecule has 2 heterocycles. The molecular weight excluding hydrogens is 383 g/mol. The number of carbonyl (C=O) groups excluding carboxylic acids is 1. The molecule has 7 heteroatoms. The van der Waals surface area contributed by atoms with Crippen molar-refractivity contribution in [3.8, 4) is 0 Å². The van der Waals surface area contributed by atoms with E-state index in [-0.39, 0.29) is 18.1 Å². The van der Waals surface area contributed by atoms with Crippen LogP contribution in [0.5, 0.6) is 0 Å². The molecule has 2 saturated heterocycles. The minimum Gasteiger partial charge on any atom is -0.336 e. The van der Waals surface area contributed by atoms with Gasteiger partial charge in [0.1, 0.15) is 0 Å². The highest BCUT2D eigenvalue weighted by molar-refractivity contribution is 6.31. The number of benzene rings is 2. The highest BCUT2D eigenvalue weighted by Gasteiger charge is 2.32. The van der Waals surface area contributed by atoms with Gasteiger partial charge in [0.15, 0.2) is 0 Å². The Morgan fingerprint density at radius 3 is 2.37 bits per heavy atom. The van der Waals surface area contributed by atoms with Crippen molar-refractivity contribution < 1.29 is 4.79 Å². The number of hydrogen-bond donors (Lipinski definition) is 2. The van der Waals surface area contributed by atoms with Crippen LogP contribution in [0.3, 0.4) is 0 Å². The molecule has 5 nitrogen and oxygen atoms in total. The molecule has 2 N–H and O–H groups in total. The zero-order valence-electron chi connectivity index (χ0n) is 14.9. The topological polar surface area (TPSA) is 47.6 Å². The fraction of sp³-hybridized carbons (Fsp3) is 0.350. The quantitative estimate of drug-likeness (QED) is 0.823. The molecule has 4 rings (SSSR count). The van der Waals surface area contributed by atoms with Crippen LogP contribution in [0.15, 0.2) is 48.5 Å². The zero-order chi connectivity index (χ0) is 18.8. The Labute approximate surface area is 169 Å². The number of rotatable bonds is 3. The number of nitrogens with zero attached hydrogens (tertiary/aromatic N) is 2. The molecular formula is C20H22Cl2N4O. The van der Waals surface area contributed by atoms with Gasteiger partial charge in [0.25, 0.3) is 5.91 Å². The van der Waals surface area contributed by atoms with Crippen LogP contribution in [0.4, 0.5) is 0 Å². The molecule has 0 radical (unpaired) electrons. The van der Waals surface area contributed by atoms with E-state index in [0.29, 0.717) is 10.6 Å². The van der Waals surface area contributed by atoms with Crippen LogP contribution in [0.2, 0.25) is 10.0 Å². The van der Waals surface area contributed by atoms with Crippen LogP contribution in [-0.4, -0.2) is 48.1 Å². The molecule has 2 unspecified atom stereocenters. The third-order valence-electron chi connectivity index (χ3n) is 5.27. The Morgan fingerprint density at radius 1 is 0.926 bits per heavy atom. The van der Waals surface area contributed by atoms with E-state index in [0.717, 1.165) is 37.6 Å². The predicted molar refractivity (Wildman–Crippen MR) is 108 cm³/mol. The third-order valence-corrected chi connectivity index (χ3v) is 5.76. The fourth-order valence-electron chi connectivity index (χ4n) is 3.73. The lowest BCUT2D eigenvalue weighted by Crippen LogP contribution is -2.55. The molecule has 0 spiro atoms. The molecule has 2 atom stereocenters. The summed E-state index contributed by atoms with van der Waals surface area (Å²) in [5.41, 5.74) is 8.65. The van der Waals surface area contributed by atoms with E-state index in [2.05, 4.69) is 27.9 Å². The summed E-state index contributed by atoms with van der Waals surface area (Å²) >= 11 is 12.0. The number of halogens is 2. The summed E-state index contributed by atoms with van der Waals surface area (Å²) in [6.45, 7) is 3.13. The predicted octanol–water partition coefficient (Wildman–Crippen LogP) is 3.32. The molecule has 2 aromatic carbocycles. The van der Waals surface area contributed by atoms with Crippen molar-refractivity contribution in [3.05, 3.63) is 69.7 Å². The normalized spacial score (nSPS) is 23.6. The first-order chi connectivity index (χ1) is 13.1. The molecule has 27 heavy (non-hydrogen) atoms. The van der Waals surface area contributed by atoms with Gasteiger partial charge in [-0.15, -0.1) is 0 Å². The molecule has 2 aromatic rings. The van der Waals surface area contributed by atoms with Crippen LogP contribution in [0.25, 0.3) is 0 Å². The average Bonchev–Trinajstić information content (AvgIpc) is 3.18. The standard InChI is InChI=1S/C20H22Cl2N4O/c21-16-6-4-14(5-7-16)18-13-19(24-23-18)25-8-10-26(11-9-25)20(27)15-2-1-3-17(22)12-15/h1-7,12,18-19,23-24H,8-11,13H2. The van der Waals surface area contributed by atoms with E-state index in [4.69, 9.17) is 23.2 Å². The molecule has 142 valence electrons. The van der Waals surface area contributed by atoms with Crippen molar-refractivity contribution in [2.75, 3.05) is 26.2 Å². The maximum atomic E-state index is 12.7. The lowest BCUT2D eigenvalue weighted by atomic mass is 10.0. The Kier molecular flexibility index (Phi) is 5.66. The molecule has 0 aliphatic carbocycles. The fourth-order valence-corrected chi connectivity index (χ4v) is 4.05. The van der Waals surface area contributed by atoms with E-state index in [1.165, 1.54) is 5.56 Å². The molecule has 1 amide bonds. The lowest BCUT2D eigenvalue weighted by molar-refractivity contribution is 0.0545. The second-order valence-electron chi connectivity index (χ2n) is 6.98. The van der Waals surface area contributed by atoms with Crippen molar-refractivity contribution in [1.82, 2.24) is 20.7 Å². The number of hydrazine groups is 1. The second kappa shape index (κ2) is 8.17. The number of nitrogens with one attached hydrogen (secondary N) is 2. The van der Waals surface area contributed by atoms with Crippen molar-refractivity contribution in [2.24, 2.45) is 0 Å². The van der Waals surface area contributed by atoms with Crippen LogP contribution in [0.1, 0.15) is 28.4 Å². The average molecular weight is 405 g/mol. The lowest BCUT2D eigenvalue weighted by Gasteiger charge is -2.37. The highest BCUT2D eigenvalue weighted by atomic mass is 35.5. The summed E-state index contributed by atoms with van der Waals surface area (Å²) in [6, 6.07) is 15.4. The molecule has 2 aliphatic heterocycles. The molecule has 0 aromatic heterocycles. The van der Waals surface area contributed by atoms with Crippen molar-refractivity contribution >= 4 is 29.1 Å². The summed E-state index contributed by atoms with van der Waals surface area (Å²) in [7, 11) is 0. The van der Waals surface area contributed by atoms with E-state index in [1.807, 2.05) is 29.2 Å². The first kappa shape index (κ1) is 18.7. The number of carbonyl (C=O) groups is 1. The SMILES string of the molecule is O=C(c1cccc(Cl)c1)N1CCN(C2CC(c3ccc(Cl)cc3)NN2)CC1. The van der Waals surface area contributed by atoms with Gasteiger partial charge in [-0.2, -0.15) is 0 Å². The summed E-state index contributed by atoms with van der Waals surface area (Å²) < 4.78 is 0. The molecule has 0 bridgehead atoms.